The molecule has 3 atom stereocenters. The summed E-state index contributed by atoms with van der Waals surface area (Å²) in [4.78, 5) is 7.56. The zero-order valence-corrected chi connectivity index (χ0v) is 11.2. The minimum absolute atomic E-state index is 0.504. The molecule has 0 amide bonds. The Morgan fingerprint density at radius 1 is 1.25 bits per heavy atom. The number of H-pyrrole nitrogens is 1. The maximum absolute atomic E-state index is 8.91. The molecule has 0 saturated carbocycles. The molecule has 2 aliphatic heterocycles. The summed E-state index contributed by atoms with van der Waals surface area (Å²) in [6.45, 7) is 0. The topological polar surface area (TPSA) is 76.5 Å². The zero-order chi connectivity index (χ0) is 13.5. The summed E-state index contributed by atoms with van der Waals surface area (Å²) in [6.07, 6.45) is 6.77. The van der Waals surface area contributed by atoms with E-state index in [4.69, 9.17) is 5.26 Å². The van der Waals surface area contributed by atoms with Gasteiger partial charge in [0.25, 0.3) is 0 Å². The molecule has 2 saturated heterocycles. The van der Waals surface area contributed by atoms with E-state index >= 15 is 0 Å². The van der Waals surface area contributed by atoms with E-state index < -0.39 is 0 Å². The largest absolute Gasteiger partial charge is 0.367 e. The van der Waals surface area contributed by atoms with Gasteiger partial charge in [-0.2, -0.15) is 5.26 Å². The summed E-state index contributed by atoms with van der Waals surface area (Å²) >= 11 is 0. The van der Waals surface area contributed by atoms with Crippen LogP contribution in [0.1, 0.15) is 31.4 Å². The molecule has 4 rings (SSSR count). The number of piperidine rings is 1. The highest BCUT2D eigenvalue weighted by atomic mass is 15.1. The fraction of sp³-hybridized carbons (Fsp3) is 0.467. The van der Waals surface area contributed by atoms with E-state index in [-0.39, 0.29) is 0 Å². The van der Waals surface area contributed by atoms with Crippen LogP contribution in [0.2, 0.25) is 0 Å². The predicted molar refractivity (Wildman–Crippen MR) is 77.4 cm³/mol. The molecule has 2 bridgehead atoms. The minimum atomic E-state index is 0.504. The molecule has 20 heavy (non-hydrogen) atoms. The van der Waals surface area contributed by atoms with Crippen molar-refractivity contribution >= 4 is 16.7 Å². The number of hydrogen-bond donors (Lipinski definition) is 3. The Morgan fingerprint density at radius 2 is 2.05 bits per heavy atom. The highest BCUT2D eigenvalue weighted by Crippen LogP contribution is 2.28. The third-order valence-electron chi connectivity index (χ3n) is 4.45. The number of aromatic amines is 1. The van der Waals surface area contributed by atoms with Gasteiger partial charge in [-0.25, -0.2) is 4.98 Å². The summed E-state index contributed by atoms with van der Waals surface area (Å²) in [5, 5.41) is 17.1. The van der Waals surface area contributed by atoms with Crippen molar-refractivity contribution in [2.45, 2.75) is 43.8 Å². The Balaban J connectivity index is 1.55. The fourth-order valence-electron chi connectivity index (χ4n) is 3.55. The first-order chi connectivity index (χ1) is 9.80. The Hall–Kier alpha value is -2.06. The van der Waals surface area contributed by atoms with Crippen molar-refractivity contribution in [1.82, 2.24) is 15.3 Å². The van der Waals surface area contributed by atoms with Crippen LogP contribution >= 0.6 is 0 Å². The first kappa shape index (κ1) is 11.7. The van der Waals surface area contributed by atoms with Crippen LogP contribution in [0.5, 0.6) is 0 Å². The lowest BCUT2D eigenvalue weighted by Gasteiger charge is -2.30. The Bertz CT molecular complexity index is 671. The third kappa shape index (κ3) is 2.02. The van der Waals surface area contributed by atoms with Gasteiger partial charge in [-0.3, -0.25) is 0 Å². The predicted octanol–water partition coefficient (Wildman–Crippen LogP) is 2.13. The summed E-state index contributed by atoms with van der Waals surface area (Å²) in [5.41, 5.74) is 1.55. The normalized spacial score (nSPS) is 28.4. The average molecular weight is 267 g/mol. The summed E-state index contributed by atoms with van der Waals surface area (Å²) in [7, 11) is 0. The molecule has 102 valence electrons. The van der Waals surface area contributed by atoms with Crippen molar-refractivity contribution in [2.24, 2.45) is 0 Å². The summed E-state index contributed by atoms with van der Waals surface area (Å²) in [6, 6.07) is 7.80. The van der Waals surface area contributed by atoms with Crippen LogP contribution in [0.4, 0.5) is 5.82 Å². The number of rotatable bonds is 2. The van der Waals surface area contributed by atoms with Crippen LogP contribution in [0, 0.1) is 11.3 Å². The Morgan fingerprint density at radius 3 is 2.80 bits per heavy atom. The van der Waals surface area contributed by atoms with Gasteiger partial charge < -0.3 is 15.6 Å². The minimum Gasteiger partial charge on any atom is -0.367 e. The average Bonchev–Trinajstić information content (AvgIpc) is 3.01. The number of nitriles is 1. The highest BCUT2D eigenvalue weighted by Gasteiger charge is 2.33. The van der Waals surface area contributed by atoms with Crippen LogP contribution < -0.4 is 10.6 Å². The van der Waals surface area contributed by atoms with Gasteiger partial charge in [0.1, 0.15) is 17.6 Å². The number of hydrogen-bond acceptors (Lipinski definition) is 4. The van der Waals surface area contributed by atoms with Gasteiger partial charge >= 0.3 is 0 Å². The van der Waals surface area contributed by atoms with Crippen LogP contribution in [0.3, 0.4) is 0 Å². The molecule has 0 aromatic carbocycles. The van der Waals surface area contributed by atoms with Gasteiger partial charge in [0.15, 0.2) is 0 Å². The van der Waals surface area contributed by atoms with E-state index in [0.717, 1.165) is 16.7 Å². The lowest BCUT2D eigenvalue weighted by molar-refractivity contribution is 0.377. The second kappa shape index (κ2) is 4.50. The van der Waals surface area contributed by atoms with Crippen LogP contribution in [-0.4, -0.2) is 28.1 Å². The fourth-order valence-corrected chi connectivity index (χ4v) is 3.55. The van der Waals surface area contributed by atoms with Crippen molar-refractivity contribution in [3.63, 3.8) is 0 Å². The van der Waals surface area contributed by atoms with E-state index in [1.54, 1.807) is 0 Å². The first-order valence-electron chi connectivity index (χ1n) is 7.21. The number of anilines is 1. The van der Waals surface area contributed by atoms with Gasteiger partial charge in [-0.15, -0.1) is 0 Å². The zero-order valence-electron chi connectivity index (χ0n) is 11.2. The van der Waals surface area contributed by atoms with Gasteiger partial charge in [0.05, 0.1) is 5.52 Å². The van der Waals surface area contributed by atoms with Gasteiger partial charge in [-0.1, -0.05) is 0 Å². The van der Waals surface area contributed by atoms with Crippen LogP contribution in [0.25, 0.3) is 10.9 Å². The molecule has 2 aromatic heterocycles. The SMILES string of the molecule is N#Cc1cc2cnc(NC3C[C@H]4CC[C@@H](C3)N4)cc2[nH]1. The van der Waals surface area contributed by atoms with Crippen molar-refractivity contribution < 1.29 is 0 Å². The second-order valence-corrected chi connectivity index (χ2v) is 5.90. The van der Waals surface area contributed by atoms with E-state index in [0.29, 0.717) is 23.8 Å². The second-order valence-electron chi connectivity index (χ2n) is 5.90. The molecule has 1 unspecified atom stereocenters. The maximum Gasteiger partial charge on any atom is 0.128 e. The molecule has 0 radical (unpaired) electrons. The van der Waals surface area contributed by atoms with E-state index in [1.807, 2.05) is 18.3 Å². The van der Waals surface area contributed by atoms with Crippen molar-refractivity contribution in [2.75, 3.05) is 5.32 Å². The number of pyridine rings is 1. The molecule has 2 aliphatic rings. The van der Waals surface area contributed by atoms with E-state index in [9.17, 15) is 0 Å². The Labute approximate surface area is 117 Å². The quantitative estimate of drug-likeness (QED) is 0.779. The maximum atomic E-state index is 8.91. The van der Waals surface area contributed by atoms with Gasteiger partial charge in [-0.05, 0) is 31.7 Å². The number of nitrogens with zero attached hydrogens (tertiary/aromatic N) is 2. The van der Waals surface area contributed by atoms with Gasteiger partial charge in [0, 0.05) is 35.8 Å². The number of nitrogens with one attached hydrogen (secondary N) is 3. The molecular formula is C15H17N5. The molecule has 0 aliphatic carbocycles. The van der Waals surface area contributed by atoms with Crippen LogP contribution in [-0.2, 0) is 0 Å². The third-order valence-corrected chi connectivity index (χ3v) is 4.45. The van der Waals surface area contributed by atoms with Crippen molar-refractivity contribution in [3.8, 4) is 6.07 Å². The molecule has 3 N–H and O–H groups in total. The molecule has 4 heterocycles. The molecule has 5 nitrogen and oxygen atoms in total. The van der Waals surface area contributed by atoms with E-state index in [2.05, 4.69) is 26.7 Å². The molecule has 2 aromatic rings. The standard InChI is InChI=1S/C15H17N5/c16-7-13-3-9-8-17-15(6-14(9)19-13)20-12-4-10-1-2-11(5-12)18-10/h3,6,8,10-12,18-19H,1-2,4-5H2,(H,17,20)/t10-,11+,12?. The van der Waals surface area contributed by atoms with Gasteiger partial charge in [0.2, 0.25) is 0 Å². The van der Waals surface area contributed by atoms with Crippen molar-refractivity contribution in [3.05, 3.63) is 24.0 Å². The summed E-state index contributed by atoms with van der Waals surface area (Å²) in [5.74, 6) is 0.898. The van der Waals surface area contributed by atoms with E-state index in [1.165, 1.54) is 25.7 Å². The smallest absolute Gasteiger partial charge is 0.128 e. The highest BCUT2D eigenvalue weighted by molar-refractivity contribution is 5.82. The van der Waals surface area contributed by atoms with Crippen LogP contribution in [0.15, 0.2) is 18.3 Å². The number of fused-ring (bicyclic) bond motifs is 3. The Kier molecular flexibility index (Phi) is 2.64. The molecule has 0 spiro atoms. The number of aromatic nitrogens is 2. The van der Waals surface area contributed by atoms with Crippen molar-refractivity contribution in [1.29, 1.82) is 5.26 Å². The molecule has 5 heteroatoms. The summed E-state index contributed by atoms with van der Waals surface area (Å²) < 4.78 is 0. The molecule has 2 fully saturated rings. The lowest BCUT2D eigenvalue weighted by atomic mass is 10.00. The monoisotopic (exact) mass is 267 g/mol. The lowest BCUT2D eigenvalue weighted by Crippen LogP contribution is -2.43. The first-order valence-corrected chi connectivity index (χ1v) is 7.21. The molecular weight excluding hydrogens is 250 g/mol.